The first-order valence-corrected chi connectivity index (χ1v) is 6.44. The molecule has 2 aromatic carbocycles. The normalized spacial score (nSPS) is 10.6. The van der Waals surface area contributed by atoms with Crippen molar-refractivity contribution >= 4 is 12.2 Å². The van der Waals surface area contributed by atoms with Crippen molar-refractivity contribution in [2.45, 2.75) is 0 Å². The third-order valence-electron chi connectivity index (χ3n) is 3.05. The van der Waals surface area contributed by atoms with E-state index >= 15 is 0 Å². The van der Waals surface area contributed by atoms with Crippen molar-refractivity contribution in [1.29, 1.82) is 0 Å². The number of hydrogen-bond acceptors (Lipinski definition) is 4. The van der Waals surface area contributed by atoms with Crippen LogP contribution in [0.5, 0.6) is 23.0 Å². The summed E-state index contributed by atoms with van der Waals surface area (Å²) in [6.07, 6.45) is 3.79. The lowest BCUT2D eigenvalue weighted by atomic mass is 10.1. The molecule has 0 aliphatic heterocycles. The zero-order chi connectivity index (χ0) is 15.2. The van der Waals surface area contributed by atoms with E-state index in [1.807, 2.05) is 36.4 Å². The molecule has 21 heavy (non-hydrogen) atoms. The van der Waals surface area contributed by atoms with Crippen LogP contribution in [0.3, 0.4) is 0 Å². The topological polar surface area (TPSA) is 47.9 Å². The summed E-state index contributed by atoms with van der Waals surface area (Å²) in [5.74, 6) is 2.23. The van der Waals surface area contributed by atoms with Crippen LogP contribution in [0, 0.1) is 0 Å². The lowest BCUT2D eigenvalue weighted by Gasteiger charge is -2.07. The number of phenolic OH excluding ortho intramolecular Hbond substituents is 1. The summed E-state index contributed by atoms with van der Waals surface area (Å²) in [5, 5.41) is 9.64. The zero-order valence-electron chi connectivity index (χ0n) is 12.3. The van der Waals surface area contributed by atoms with Gasteiger partial charge in [0.1, 0.15) is 23.0 Å². The van der Waals surface area contributed by atoms with Crippen LogP contribution in [-0.4, -0.2) is 26.4 Å². The molecular formula is C17H18O4. The fraction of sp³-hybridized carbons (Fsp3) is 0.176. The van der Waals surface area contributed by atoms with Gasteiger partial charge in [0, 0.05) is 17.7 Å². The van der Waals surface area contributed by atoms with Crippen LogP contribution >= 0.6 is 0 Å². The number of aromatic hydroxyl groups is 1. The molecule has 0 saturated heterocycles. The SMILES string of the molecule is COc1cc(O)cc(/C=C/c2ccc(OC)cc2OC)c1. The van der Waals surface area contributed by atoms with Gasteiger partial charge in [0.25, 0.3) is 0 Å². The van der Waals surface area contributed by atoms with E-state index in [9.17, 15) is 5.11 Å². The van der Waals surface area contributed by atoms with Gasteiger partial charge in [-0.15, -0.1) is 0 Å². The van der Waals surface area contributed by atoms with E-state index < -0.39 is 0 Å². The predicted molar refractivity (Wildman–Crippen MR) is 83.1 cm³/mol. The van der Waals surface area contributed by atoms with Gasteiger partial charge in [0.05, 0.1) is 21.3 Å². The fourth-order valence-electron chi connectivity index (χ4n) is 1.96. The molecule has 0 fully saturated rings. The van der Waals surface area contributed by atoms with Crippen molar-refractivity contribution in [2.24, 2.45) is 0 Å². The third kappa shape index (κ3) is 3.69. The summed E-state index contributed by atoms with van der Waals surface area (Å²) in [6, 6.07) is 10.7. The van der Waals surface area contributed by atoms with E-state index in [0.717, 1.165) is 22.6 Å². The van der Waals surface area contributed by atoms with Crippen LogP contribution in [0.25, 0.3) is 12.2 Å². The quantitative estimate of drug-likeness (QED) is 0.853. The van der Waals surface area contributed by atoms with E-state index in [-0.39, 0.29) is 5.75 Å². The maximum atomic E-state index is 9.64. The highest BCUT2D eigenvalue weighted by molar-refractivity contribution is 5.74. The lowest BCUT2D eigenvalue weighted by molar-refractivity contribution is 0.394. The van der Waals surface area contributed by atoms with Crippen LogP contribution in [0.15, 0.2) is 36.4 Å². The Labute approximate surface area is 124 Å². The highest BCUT2D eigenvalue weighted by Crippen LogP contribution is 2.27. The second-order valence-electron chi connectivity index (χ2n) is 4.41. The number of benzene rings is 2. The molecular weight excluding hydrogens is 268 g/mol. The maximum absolute atomic E-state index is 9.64. The summed E-state index contributed by atoms with van der Waals surface area (Å²) in [7, 11) is 4.79. The zero-order valence-corrected chi connectivity index (χ0v) is 12.3. The maximum Gasteiger partial charge on any atom is 0.129 e. The van der Waals surface area contributed by atoms with Gasteiger partial charge in [-0.1, -0.05) is 12.2 Å². The van der Waals surface area contributed by atoms with E-state index in [0.29, 0.717) is 5.75 Å². The van der Waals surface area contributed by atoms with Crippen LogP contribution in [0.2, 0.25) is 0 Å². The Hall–Kier alpha value is -2.62. The molecule has 0 aliphatic rings. The van der Waals surface area contributed by atoms with E-state index in [4.69, 9.17) is 14.2 Å². The minimum atomic E-state index is 0.163. The van der Waals surface area contributed by atoms with Gasteiger partial charge < -0.3 is 19.3 Å². The lowest BCUT2D eigenvalue weighted by Crippen LogP contribution is -1.89. The Balaban J connectivity index is 2.30. The minimum absolute atomic E-state index is 0.163. The minimum Gasteiger partial charge on any atom is -0.508 e. The van der Waals surface area contributed by atoms with Gasteiger partial charge in [-0.05, 0) is 29.8 Å². The third-order valence-corrected chi connectivity index (χ3v) is 3.05. The Morgan fingerprint density at radius 3 is 2.24 bits per heavy atom. The number of ether oxygens (including phenoxy) is 3. The summed E-state index contributed by atoms with van der Waals surface area (Å²) in [4.78, 5) is 0. The average molecular weight is 286 g/mol. The molecule has 4 nitrogen and oxygen atoms in total. The highest BCUT2D eigenvalue weighted by atomic mass is 16.5. The van der Waals surface area contributed by atoms with Crippen molar-refractivity contribution in [3.05, 3.63) is 47.5 Å². The van der Waals surface area contributed by atoms with Crippen LogP contribution in [-0.2, 0) is 0 Å². The first kappa shape index (κ1) is 14.8. The van der Waals surface area contributed by atoms with Gasteiger partial charge in [-0.25, -0.2) is 0 Å². The molecule has 0 amide bonds. The number of methoxy groups -OCH3 is 3. The Bertz CT molecular complexity index is 647. The molecule has 0 heterocycles. The van der Waals surface area contributed by atoms with E-state index in [1.54, 1.807) is 33.5 Å². The average Bonchev–Trinajstić information content (AvgIpc) is 2.52. The molecule has 0 aliphatic carbocycles. The predicted octanol–water partition coefficient (Wildman–Crippen LogP) is 3.59. The molecule has 0 aromatic heterocycles. The molecule has 0 radical (unpaired) electrons. The second kappa shape index (κ2) is 6.70. The van der Waals surface area contributed by atoms with Crippen molar-refractivity contribution in [3.63, 3.8) is 0 Å². The molecule has 1 N–H and O–H groups in total. The second-order valence-corrected chi connectivity index (χ2v) is 4.41. The summed E-state index contributed by atoms with van der Waals surface area (Å²) < 4.78 is 15.6. The van der Waals surface area contributed by atoms with Gasteiger partial charge >= 0.3 is 0 Å². The number of hydrogen-bond donors (Lipinski definition) is 1. The van der Waals surface area contributed by atoms with Crippen LogP contribution in [0.1, 0.15) is 11.1 Å². The van der Waals surface area contributed by atoms with Gasteiger partial charge in [-0.3, -0.25) is 0 Å². The largest absolute Gasteiger partial charge is 0.508 e. The van der Waals surface area contributed by atoms with Gasteiger partial charge in [0.2, 0.25) is 0 Å². The molecule has 2 aromatic rings. The van der Waals surface area contributed by atoms with Crippen molar-refractivity contribution in [3.8, 4) is 23.0 Å². The first-order valence-electron chi connectivity index (χ1n) is 6.44. The highest BCUT2D eigenvalue weighted by Gasteiger charge is 2.03. The van der Waals surface area contributed by atoms with Crippen molar-refractivity contribution < 1.29 is 19.3 Å². The van der Waals surface area contributed by atoms with Gasteiger partial charge in [-0.2, -0.15) is 0 Å². The standard InChI is InChI=1S/C17H18O4/c1-19-15-7-6-13(17(11-15)21-3)5-4-12-8-14(18)10-16(9-12)20-2/h4-11,18H,1-3H3/b5-4+. The molecule has 2 rings (SSSR count). The number of rotatable bonds is 5. The smallest absolute Gasteiger partial charge is 0.129 e. The van der Waals surface area contributed by atoms with E-state index in [2.05, 4.69) is 0 Å². The summed E-state index contributed by atoms with van der Waals surface area (Å²) in [6.45, 7) is 0. The molecule has 0 atom stereocenters. The van der Waals surface area contributed by atoms with Crippen molar-refractivity contribution in [1.82, 2.24) is 0 Å². The summed E-state index contributed by atoms with van der Waals surface area (Å²) in [5.41, 5.74) is 1.75. The molecule has 0 saturated carbocycles. The summed E-state index contributed by atoms with van der Waals surface area (Å²) >= 11 is 0. The molecule has 0 bridgehead atoms. The van der Waals surface area contributed by atoms with Crippen LogP contribution in [0.4, 0.5) is 0 Å². The van der Waals surface area contributed by atoms with Crippen LogP contribution < -0.4 is 14.2 Å². The number of phenols is 1. The Kier molecular flexibility index (Phi) is 4.72. The molecule has 110 valence electrons. The van der Waals surface area contributed by atoms with Crippen molar-refractivity contribution in [2.75, 3.05) is 21.3 Å². The van der Waals surface area contributed by atoms with Gasteiger partial charge in [0.15, 0.2) is 0 Å². The Morgan fingerprint density at radius 1 is 0.810 bits per heavy atom. The monoisotopic (exact) mass is 286 g/mol. The Morgan fingerprint density at radius 2 is 1.57 bits per heavy atom. The molecule has 0 spiro atoms. The molecule has 4 heteroatoms. The van der Waals surface area contributed by atoms with E-state index in [1.165, 1.54) is 0 Å². The first-order chi connectivity index (χ1) is 10.2. The fourth-order valence-corrected chi connectivity index (χ4v) is 1.96. The molecule has 0 unspecified atom stereocenters.